The molecule has 1 rings (SSSR count). The monoisotopic (exact) mass is 210 g/mol. The summed E-state index contributed by atoms with van der Waals surface area (Å²) >= 11 is 0. The van der Waals surface area contributed by atoms with E-state index in [-0.39, 0.29) is 5.82 Å². The lowest BCUT2D eigenvalue weighted by atomic mass is 10.2. The van der Waals surface area contributed by atoms with Crippen molar-refractivity contribution in [3.05, 3.63) is 35.6 Å². The van der Waals surface area contributed by atoms with Crippen molar-refractivity contribution in [2.24, 2.45) is 0 Å². The molecule has 0 aliphatic rings. The first-order valence-corrected chi connectivity index (χ1v) is 5.41. The highest BCUT2D eigenvalue weighted by molar-refractivity contribution is 5.16. The van der Waals surface area contributed by atoms with Crippen LogP contribution in [0.5, 0.6) is 0 Å². The minimum Gasteiger partial charge on any atom is -0.315 e. The van der Waals surface area contributed by atoms with Crippen molar-refractivity contribution in [3.8, 4) is 0 Å². The van der Waals surface area contributed by atoms with Gasteiger partial charge in [0.1, 0.15) is 5.82 Å². The highest BCUT2D eigenvalue weighted by Crippen LogP contribution is 2.05. The molecule has 84 valence electrons. The first-order chi connectivity index (χ1) is 7.24. The second-order valence-electron chi connectivity index (χ2n) is 3.68. The van der Waals surface area contributed by atoms with Crippen molar-refractivity contribution in [3.63, 3.8) is 0 Å². The third kappa shape index (κ3) is 4.40. The predicted molar refractivity (Wildman–Crippen MR) is 61.2 cm³/mol. The number of rotatable bonds is 6. The smallest absolute Gasteiger partial charge is 0.127 e. The van der Waals surface area contributed by atoms with E-state index in [9.17, 15) is 4.39 Å². The molecule has 0 aliphatic carbocycles. The standard InChI is InChI=1S/C12H19FN2/c1-3-14-8-10(2)15-9-11-6-4-5-7-12(11)13/h4-7,10,14-15H,3,8-9H2,1-2H3. The average Bonchev–Trinajstić information content (AvgIpc) is 2.25. The summed E-state index contributed by atoms with van der Waals surface area (Å²) in [6.45, 7) is 6.61. The van der Waals surface area contributed by atoms with Crippen molar-refractivity contribution in [2.75, 3.05) is 13.1 Å². The summed E-state index contributed by atoms with van der Waals surface area (Å²) in [6, 6.07) is 7.22. The fourth-order valence-electron chi connectivity index (χ4n) is 1.36. The van der Waals surface area contributed by atoms with Crippen molar-refractivity contribution < 1.29 is 4.39 Å². The van der Waals surface area contributed by atoms with Crippen molar-refractivity contribution >= 4 is 0 Å². The van der Waals surface area contributed by atoms with E-state index in [1.165, 1.54) is 6.07 Å². The van der Waals surface area contributed by atoms with Crippen molar-refractivity contribution in [2.45, 2.75) is 26.4 Å². The zero-order chi connectivity index (χ0) is 11.1. The Morgan fingerprint density at radius 3 is 2.73 bits per heavy atom. The summed E-state index contributed by atoms with van der Waals surface area (Å²) in [7, 11) is 0. The number of benzene rings is 1. The van der Waals surface area contributed by atoms with Crippen LogP contribution in [0, 0.1) is 5.82 Å². The molecule has 0 fully saturated rings. The summed E-state index contributed by atoms with van der Waals surface area (Å²) in [5.41, 5.74) is 0.723. The summed E-state index contributed by atoms with van der Waals surface area (Å²) in [5, 5.41) is 6.51. The molecule has 1 aromatic rings. The molecular weight excluding hydrogens is 191 g/mol. The molecule has 0 saturated heterocycles. The van der Waals surface area contributed by atoms with Crippen LogP contribution in [0.4, 0.5) is 4.39 Å². The number of likely N-dealkylation sites (N-methyl/N-ethyl adjacent to an activating group) is 1. The molecule has 1 unspecified atom stereocenters. The van der Waals surface area contributed by atoms with Crippen molar-refractivity contribution in [1.82, 2.24) is 10.6 Å². The molecule has 2 nitrogen and oxygen atoms in total. The molecule has 0 bridgehead atoms. The van der Waals surface area contributed by atoms with E-state index in [4.69, 9.17) is 0 Å². The fraction of sp³-hybridized carbons (Fsp3) is 0.500. The topological polar surface area (TPSA) is 24.1 Å². The third-order valence-electron chi connectivity index (χ3n) is 2.30. The van der Waals surface area contributed by atoms with Crippen LogP contribution in [-0.2, 0) is 6.54 Å². The minimum absolute atomic E-state index is 0.138. The van der Waals surface area contributed by atoms with Gasteiger partial charge >= 0.3 is 0 Å². The van der Waals surface area contributed by atoms with E-state index in [0.717, 1.165) is 18.7 Å². The SMILES string of the molecule is CCNCC(C)NCc1ccccc1F. The molecule has 0 spiro atoms. The van der Waals surface area contributed by atoms with Gasteiger partial charge in [0.2, 0.25) is 0 Å². The van der Waals surface area contributed by atoms with E-state index in [1.807, 2.05) is 12.1 Å². The van der Waals surface area contributed by atoms with Gasteiger partial charge in [0, 0.05) is 24.7 Å². The second kappa shape index (κ2) is 6.53. The largest absolute Gasteiger partial charge is 0.315 e. The van der Waals surface area contributed by atoms with Gasteiger partial charge in [-0.2, -0.15) is 0 Å². The van der Waals surface area contributed by atoms with Crippen LogP contribution in [0.15, 0.2) is 24.3 Å². The Morgan fingerprint density at radius 2 is 2.07 bits per heavy atom. The third-order valence-corrected chi connectivity index (χ3v) is 2.30. The van der Waals surface area contributed by atoms with E-state index in [1.54, 1.807) is 6.07 Å². The Labute approximate surface area is 90.9 Å². The molecule has 0 saturated carbocycles. The highest BCUT2D eigenvalue weighted by atomic mass is 19.1. The van der Waals surface area contributed by atoms with Crippen LogP contribution in [0.25, 0.3) is 0 Å². The Kier molecular flexibility index (Phi) is 5.29. The van der Waals surface area contributed by atoms with Gasteiger partial charge in [-0.15, -0.1) is 0 Å². The molecule has 15 heavy (non-hydrogen) atoms. The van der Waals surface area contributed by atoms with Gasteiger partial charge in [0.15, 0.2) is 0 Å². The van der Waals surface area contributed by atoms with Crippen LogP contribution >= 0.6 is 0 Å². The maximum absolute atomic E-state index is 13.2. The zero-order valence-electron chi connectivity index (χ0n) is 9.39. The minimum atomic E-state index is -0.138. The highest BCUT2D eigenvalue weighted by Gasteiger charge is 2.03. The normalized spacial score (nSPS) is 12.7. The first-order valence-electron chi connectivity index (χ1n) is 5.41. The van der Waals surface area contributed by atoms with E-state index in [0.29, 0.717) is 12.6 Å². The number of hydrogen-bond donors (Lipinski definition) is 2. The lowest BCUT2D eigenvalue weighted by Crippen LogP contribution is -2.35. The first kappa shape index (κ1) is 12.1. The maximum atomic E-state index is 13.2. The van der Waals surface area contributed by atoms with Gasteiger partial charge in [-0.05, 0) is 19.5 Å². The lowest BCUT2D eigenvalue weighted by Gasteiger charge is -2.14. The molecule has 0 aliphatic heterocycles. The average molecular weight is 210 g/mol. The van der Waals surface area contributed by atoms with Gasteiger partial charge in [0.25, 0.3) is 0 Å². The molecule has 0 amide bonds. The van der Waals surface area contributed by atoms with Gasteiger partial charge in [-0.25, -0.2) is 4.39 Å². The molecular formula is C12H19FN2. The maximum Gasteiger partial charge on any atom is 0.127 e. The summed E-state index contributed by atoms with van der Waals surface area (Å²) in [4.78, 5) is 0. The summed E-state index contributed by atoms with van der Waals surface area (Å²) < 4.78 is 13.2. The molecule has 3 heteroatoms. The Hall–Kier alpha value is -0.930. The van der Waals surface area contributed by atoms with Gasteiger partial charge < -0.3 is 10.6 Å². The van der Waals surface area contributed by atoms with Crippen molar-refractivity contribution in [1.29, 1.82) is 0 Å². The van der Waals surface area contributed by atoms with Crippen LogP contribution in [0.1, 0.15) is 19.4 Å². The molecule has 0 heterocycles. The lowest BCUT2D eigenvalue weighted by molar-refractivity contribution is 0.498. The van der Waals surface area contributed by atoms with Gasteiger partial charge in [0.05, 0.1) is 0 Å². The van der Waals surface area contributed by atoms with Crippen LogP contribution in [-0.4, -0.2) is 19.1 Å². The number of hydrogen-bond acceptors (Lipinski definition) is 2. The van der Waals surface area contributed by atoms with Crippen LogP contribution in [0.3, 0.4) is 0 Å². The summed E-state index contributed by atoms with van der Waals surface area (Å²) in [6.07, 6.45) is 0. The van der Waals surface area contributed by atoms with E-state index in [2.05, 4.69) is 24.5 Å². The fourth-order valence-corrected chi connectivity index (χ4v) is 1.36. The quantitative estimate of drug-likeness (QED) is 0.749. The second-order valence-corrected chi connectivity index (χ2v) is 3.68. The summed E-state index contributed by atoms with van der Waals surface area (Å²) in [5.74, 6) is -0.138. The predicted octanol–water partition coefficient (Wildman–Crippen LogP) is 1.91. The molecule has 0 aromatic heterocycles. The van der Waals surface area contributed by atoms with Gasteiger partial charge in [-0.1, -0.05) is 25.1 Å². The Balaban J connectivity index is 2.33. The zero-order valence-corrected chi connectivity index (χ0v) is 9.39. The van der Waals surface area contributed by atoms with Crippen LogP contribution in [0.2, 0.25) is 0 Å². The molecule has 2 N–H and O–H groups in total. The molecule has 1 atom stereocenters. The number of halogens is 1. The van der Waals surface area contributed by atoms with Crippen LogP contribution < -0.4 is 10.6 Å². The molecule has 0 radical (unpaired) electrons. The molecule has 1 aromatic carbocycles. The van der Waals surface area contributed by atoms with Gasteiger partial charge in [-0.3, -0.25) is 0 Å². The Bertz CT molecular complexity index is 289. The van der Waals surface area contributed by atoms with E-state index < -0.39 is 0 Å². The number of nitrogens with one attached hydrogen (secondary N) is 2. The Morgan fingerprint density at radius 1 is 1.33 bits per heavy atom. The van der Waals surface area contributed by atoms with E-state index >= 15 is 0 Å².